The SMILES string of the molecule is Cc1cccc([N@+]23[CH-][N+]2(c2cc(Oc4ccc5c6ccccc6n(-c6cc(C(C)(C)C)ccn6)c5c4)cc(C(C)(C)C)c2)c2ccccc23)c1-c1ccccc1. The minimum Gasteiger partial charge on any atom is -0.457 e. The predicted octanol–water partition coefficient (Wildman–Crippen LogP) is 13.9. The fourth-order valence-corrected chi connectivity index (χ4v) is 9.02. The van der Waals surface area contributed by atoms with E-state index in [0.717, 1.165) is 28.4 Å². The highest BCUT2D eigenvalue weighted by molar-refractivity contribution is 6.09. The lowest BCUT2D eigenvalue weighted by atomic mass is 9.86. The first-order valence-electron chi connectivity index (χ1n) is 19.7. The van der Waals surface area contributed by atoms with Crippen molar-refractivity contribution in [1.82, 2.24) is 18.7 Å². The molecule has 8 aromatic rings. The van der Waals surface area contributed by atoms with Crippen LogP contribution in [0.3, 0.4) is 0 Å². The molecule has 10 rings (SSSR count). The predicted molar refractivity (Wildman–Crippen MR) is 233 cm³/mol. The third-order valence-corrected chi connectivity index (χ3v) is 11.9. The summed E-state index contributed by atoms with van der Waals surface area (Å²) in [5, 5.41) is 2.36. The molecule has 0 aliphatic carbocycles. The highest BCUT2D eigenvalue weighted by Crippen LogP contribution is 2.76. The van der Waals surface area contributed by atoms with E-state index in [4.69, 9.17) is 9.72 Å². The zero-order valence-corrected chi connectivity index (χ0v) is 33.2. The monoisotopic (exact) mass is 731 g/mol. The average molecular weight is 732 g/mol. The first kappa shape index (κ1) is 34.5. The number of pyridine rings is 1. The number of ether oxygens (including phenoxy) is 1. The van der Waals surface area contributed by atoms with Crippen LogP contribution in [-0.4, -0.2) is 9.55 Å². The number of nitrogens with zero attached hydrogens (tertiary/aromatic N) is 4. The molecular formula is C51H47N4O+. The highest BCUT2D eigenvalue weighted by Gasteiger charge is 2.78. The molecule has 56 heavy (non-hydrogen) atoms. The minimum absolute atomic E-state index is 0.00277. The van der Waals surface area contributed by atoms with Crippen LogP contribution in [0.15, 0.2) is 152 Å². The van der Waals surface area contributed by atoms with Gasteiger partial charge in [0.15, 0.2) is 18.0 Å². The maximum absolute atomic E-state index is 6.98. The molecule has 0 saturated carbocycles. The van der Waals surface area contributed by atoms with E-state index in [9.17, 15) is 0 Å². The van der Waals surface area contributed by atoms with Crippen molar-refractivity contribution in [2.24, 2.45) is 0 Å². The molecule has 2 aliphatic rings. The summed E-state index contributed by atoms with van der Waals surface area (Å²) in [4.78, 5) is 4.90. The van der Waals surface area contributed by atoms with Gasteiger partial charge in [-0.3, -0.25) is 4.57 Å². The molecule has 0 spiro atoms. The molecular weight excluding hydrogens is 685 g/mol. The van der Waals surface area contributed by atoms with Crippen LogP contribution in [0.4, 0.5) is 22.7 Å². The van der Waals surface area contributed by atoms with E-state index < -0.39 is 0 Å². The summed E-state index contributed by atoms with van der Waals surface area (Å²) >= 11 is 0. The zero-order chi connectivity index (χ0) is 38.6. The molecule has 6 aromatic carbocycles. The number of para-hydroxylation sites is 3. The van der Waals surface area contributed by atoms with Gasteiger partial charge < -0.3 is 4.74 Å². The van der Waals surface area contributed by atoms with E-state index in [1.54, 1.807) is 0 Å². The van der Waals surface area contributed by atoms with Gasteiger partial charge in [-0.25, -0.2) is 4.98 Å². The van der Waals surface area contributed by atoms with Crippen LogP contribution >= 0.6 is 0 Å². The van der Waals surface area contributed by atoms with Crippen molar-refractivity contribution >= 4 is 44.6 Å². The van der Waals surface area contributed by atoms with Crippen LogP contribution in [0.5, 0.6) is 11.5 Å². The highest BCUT2D eigenvalue weighted by atomic mass is 16.5. The Labute approximate surface area is 329 Å². The molecule has 2 atom stereocenters. The molecule has 5 heteroatoms. The Morgan fingerprint density at radius 1 is 0.554 bits per heavy atom. The molecule has 276 valence electrons. The number of hydrogen-bond acceptors (Lipinski definition) is 2. The Morgan fingerprint density at radius 3 is 2.00 bits per heavy atom. The van der Waals surface area contributed by atoms with Crippen molar-refractivity contribution in [2.75, 3.05) is 0 Å². The van der Waals surface area contributed by atoms with Crippen molar-refractivity contribution in [2.45, 2.75) is 59.3 Å². The summed E-state index contributed by atoms with van der Waals surface area (Å²) in [7, 11) is 0. The number of aromatic nitrogens is 2. The number of aryl methyl sites for hydroxylation is 1. The molecule has 1 fully saturated rings. The van der Waals surface area contributed by atoms with Gasteiger partial charge in [0, 0.05) is 58.9 Å². The Kier molecular flexibility index (Phi) is 7.38. The maximum atomic E-state index is 6.98. The van der Waals surface area contributed by atoms with E-state index in [0.29, 0.717) is 9.18 Å². The second kappa shape index (κ2) is 12.0. The smallest absolute Gasteiger partial charge is 0.225 e. The second-order valence-corrected chi connectivity index (χ2v) is 17.6. The Morgan fingerprint density at radius 2 is 1.23 bits per heavy atom. The summed E-state index contributed by atoms with van der Waals surface area (Å²) in [5.74, 6) is 2.52. The third-order valence-electron chi connectivity index (χ3n) is 11.9. The molecule has 0 amide bonds. The lowest BCUT2D eigenvalue weighted by molar-refractivity contribution is 0.423. The molecule has 1 saturated heterocycles. The number of benzene rings is 6. The van der Waals surface area contributed by atoms with Gasteiger partial charge in [0.05, 0.1) is 11.0 Å². The van der Waals surface area contributed by atoms with Crippen LogP contribution in [-0.2, 0) is 10.8 Å². The number of rotatable bonds is 6. The van der Waals surface area contributed by atoms with Crippen molar-refractivity contribution in [1.29, 1.82) is 0 Å². The zero-order valence-electron chi connectivity index (χ0n) is 33.2. The largest absolute Gasteiger partial charge is 0.457 e. The quantitative estimate of drug-likeness (QED) is 0.0967. The van der Waals surface area contributed by atoms with Crippen LogP contribution < -0.4 is 13.9 Å². The number of hydrogen-bond donors (Lipinski definition) is 0. The van der Waals surface area contributed by atoms with Gasteiger partial charge in [0.25, 0.3) is 0 Å². The summed E-state index contributed by atoms with van der Waals surface area (Å²) in [5.41, 5.74) is 13.4. The average Bonchev–Trinajstić information content (AvgIpc) is 3.67. The molecule has 2 aliphatic heterocycles. The van der Waals surface area contributed by atoms with Crippen LogP contribution in [0.2, 0.25) is 0 Å². The summed E-state index contributed by atoms with van der Waals surface area (Å²) < 4.78 is 10.5. The van der Waals surface area contributed by atoms with Crippen molar-refractivity contribution < 1.29 is 4.74 Å². The number of quaternary nitrogens is 2. The van der Waals surface area contributed by atoms with Gasteiger partial charge in [-0.15, -0.1) is 0 Å². The molecule has 2 aromatic heterocycles. The first-order chi connectivity index (χ1) is 26.9. The summed E-state index contributed by atoms with van der Waals surface area (Å²) in [6, 6.07) is 52.8. The van der Waals surface area contributed by atoms with Gasteiger partial charge in [-0.1, -0.05) is 114 Å². The summed E-state index contributed by atoms with van der Waals surface area (Å²) in [6.45, 7) is 18.3. The Bertz CT molecular complexity index is 2860. The Hall–Kier alpha value is -6.01. The lowest BCUT2D eigenvalue weighted by Gasteiger charge is -2.41. The van der Waals surface area contributed by atoms with E-state index in [2.05, 4.69) is 205 Å². The fraction of sp³-hybridized carbons (Fsp3) is 0.176. The molecule has 1 unspecified atom stereocenters. The van der Waals surface area contributed by atoms with E-state index in [1.807, 2.05) is 6.20 Å². The maximum Gasteiger partial charge on any atom is 0.225 e. The van der Waals surface area contributed by atoms with E-state index in [-0.39, 0.29) is 10.8 Å². The molecule has 5 nitrogen and oxygen atoms in total. The Balaban J connectivity index is 1.12. The van der Waals surface area contributed by atoms with Crippen molar-refractivity contribution in [3.8, 4) is 28.4 Å². The van der Waals surface area contributed by atoms with Gasteiger partial charge in [0.2, 0.25) is 11.4 Å². The molecule has 0 bridgehead atoms. The molecule has 0 N–H and O–H groups in total. The summed E-state index contributed by atoms with van der Waals surface area (Å²) in [6.07, 6.45) is 1.93. The molecule has 0 radical (unpaired) electrons. The van der Waals surface area contributed by atoms with Gasteiger partial charge >= 0.3 is 0 Å². The third kappa shape index (κ3) is 4.97. The lowest BCUT2D eigenvalue weighted by Crippen LogP contribution is -2.46. The molecule has 4 heterocycles. The normalized spacial score (nSPS) is 18.7. The van der Waals surface area contributed by atoms with E-state index >= 15 is 0 Å². The van der Waals surface area contributed by atoms with Crippen LogP contribution in [0, 0.1) is 13.6 Å². The van der Waals surface area contributed by atoms with Crippen LogP contribution in [0.25, 0.3) is 38.8 Å². The minimum atomic E-state index is -0.110. The standard InChI is InChI=1S/C51H47N4O/c1-34-16-15-23-47(49(34)35-17-9-8-10-18-35)55-33-54(55,45-21-13-14-22-46(45)55)38-28-37(51(5,6)7)29-40(31-38)56-39-24-25-42-41-19-11-12-20-43(41)53(44(42)32-39)48-30-36(26-27-52-48)50(2,3)4/h8-33H,1-7H3/q+1/t54?,55-/m1/s1. The fourth-order valence-electron chi connectivity index (χ4n) is 9.02. The topological polar surface area (TPSA) is 27.1 Å². The van der Waals surface area contributed by atoms with Gasteiger partial charge in [-0.05, 0) is 76.4 Å². The van der Waals surface area contributed by atoms with E-state index in [1.165, 1.54) is 61.3 Å². The van der Waals surface area contributed by atoms with Gasteiger partial charge in [-0.2, -0.15) is 9.18 Å². The van der Waals surface area contributed by atoms with Crippen molar-refractivity contribution in [3.63, 3.8) is 0 Å². The van der Waals surface area contributed by atoms with Crippen molar-refractivity contribution in [3.05, 3.63) is 175 Å². The first-order valence-corrected chi connectivity index (χ1v) is 19.7. The number of fused-ring (bicyclic) bond motifs is 7. The van der Waals surface area contributed by atoms with Gasteiger partial charge in [0.1, 0.15) is 17.3 Å². The van der Waals surface area contributed by atoms with Crippen LogP contribution in [0.1, 0.15) is 58.2 Å². The second-order valence-electron chi connectivity index (χ2n) is 17.6.